The summed E-state index contributed by atoms with van der Waals surface area (Å²) in [6.07, 6.45) is 6.61. The molecule has 0 bridgehead atoms. The summed E-state index contributed by atoms with van der Waals surface area (Å²) >= 11 is 1.49. The van der Waals surface area contributed by atoms with E-state index in [4.69, 9.17) is 11.2 Å². The Balaban J connectivity index is 1.92. The third kappa shape index (κ3) is 5.20. The lowest BCUT2D eigenvalue weighted by atomic mass is 9.98. The van der Waals surface area contributed by atoms with Crippen LogP contribution in [0.25, 0.3) is 0 Å². The fourth-order valence-electron chi connectivity index (χ4n) is 2.61. The van der Waals surface area contributed by atoms with Crippen LogP contribution in [-0.4, -0.2) is 59.1 Å². The summed E-state index contributed by atoms with van der Waals surface area (Å²) in [7, 11) is 1.67. The first kappa shape index (κ1) is 19.3. The minimum Gasteiger partial charge on any atom is -0.444 e. The number of hydrogen-bond donors (Lipinski definition) is 0. The van der Waals surface area contributed by atoms with E-state index >= 15 is 0 Å². The van der Waals surface area contributed by atoms with Gasteiger partial charge >= 0.3 is 6.09 Å². The zero-order chi connectivity index (χ0) is 18.6. The summed E-state index contributed by atoms with van der Waals surface area (Å²) in [6.45, 7) is 7.13. The van der Waals surface area contributed by atoms with E-state index in [1.165, 1.54) is 16.2 Å². The van der Waals surface area contributed by atoms with Crippen LogP contribution in [-0.2, 0) is 4.74 Å². The Morgan fingerprint density at radius 2 is 2.08 bits per heavy atom. The number of carbonyl (C=O) groups is 2. The second-order valence-electron chi connectivity index (χ2n) is 7.18. The van der Waals surface area contributed by atoms with Gasteiger partial charge < -0.3 is 14.5 Å². The molecule has 7 heteroatoms. The fraction of sp³-hybridized carbons (Fsp3) is 0.611. The van der Waals surface area contributed by atoms with Gasteiger partial charge in [-0.05, 0) is 33.6 Å². The molecule has 0 N–H and O–H groups in total. The Morgan fingerprint density at radius 3 is 2.64 bits per heavy atom. The molecule has 0 atom stereocenters. The fourth-order valence-corrected chi connectivity index (χ4v) is 3.58. The van der Waals surface area contributed by atoms with E-state index in [1.807, 2.05) is 20.8 Å². The Hall–Kier alpha value is -2.07. The Labute approximate surface area is 153 Å². The van der Waals surface area contributed by atoms with Crippen LogP contribution in [0, 0.1) is 12.3 Å². The first-order valence-corrected chi connectivity index (χ1v) is 9.21. The van der Waals surface area contributed by atoms with Gasteiger partial charge in [0.25, 0.3) is 5.91 Å². The number of aromatic nitrogens is 1. The van der Waals surface area contributed by atoms with Gasteiger partial charge in [-0.3, -0.25) is 4.79 Å². The quantitative estimate of drug-likeness (QED) is 0.775. The summed E-state index contributed by atoms with van der Waals surface area (Å²) in [5.41, 5.74) is -0.0459. The Bertz CT molecular complexity index is 664. The molecule has 0 spiro atoms. The zero-order valence-corrected chi connectivity index (χ0v) is 16.1. The molecule has 2 heterocycles. The number of rotatable bonds is 3. The maximum Gasteiger partial charge on any atom is 0.410 e. The Morgan fingerprint density at radius 1 is 1.44 bits per heavy atom. The highest BCUT2D eigenvalue weighted by molar-refractivity contribution is 7.09. The van der Waals surface area contributed by atoms with Crippen molar-refractivity contribution in [2.75, 3.05) is 26.7 Å². The van der Waals surface area contributed by atoms with Gasteiger partial charge in [-0.25, -0.2) is 9.78 Å². The van der Waals surface area contributed by atoms with Gasteiger partial charge in [0.15, 0.2) is 0 Å². The van der Waals surface area contributed by atoms with Crippen molar-refractivity contribution in [3.8, 4) is 12.3 Å². The monoisotopic (exact) mass is 363 g/mol. The molecule has 1 aromatic rings. The molecule has 1 aliphatic heterocycles. The summed E-state index contributed by atoms with van der Waals surface area (Å²) in [6, 6.07) is 0. The molecular weight excluding hydrogens is 338 g/mol. The van der Waals surface area contributed by atoms with Crippen molar-refractivity contribution in [3.63, 3.8) is 0 Å². The molecule has 136 valence electrons. The number of terminal acetylenes is 1. The van der Waals surface area contributed by atoms with Gasteiger partial charge in [0, 0.05) is 31.4 Å². The highest BCUT2D eigenvalue weighted by atomic mass is 32.1. The van der Waals surface area contributed by atoms with Crippen molar-refractivity contribution in [1.29, 1.82) is 0 Å². The Kier molecular flexibility index (Phi) is 6.07. The smallest absolute Gasteiger partial charge is 0.410 e. The summed E-state index contributed by atoms with van der Waals surface area (Å²) in [5, 5.41) is 2.73. The second-order valence-corrected chi connectivity index (χ2v) is 8.07. The molecule has 2 amide bonds. The predicted octanol–water partition coefficient (Wildman–Crippen LogP) is 2.96. The summed E-state index contributed by atoms with van der Waals surface area (Å²) in [5.74, 6) is 2.56. The van der Waals surface area contributed by atoms with Crippen LogP contribution in [0.4, 0.5) is 4.79 Å². The van der Waals surface area contributed by atoms with Gasteiger partial charge in [0.1, 0.15) is 11.3 Å². The molecule has 0 aromatic carbocycles. The molecular formula is C18H25N3O3S. The van der Waals surface area contributed by atoms with Crippen LogP contribution in [0.3, 0.4) is 0 Å². The van der Waals surface area contributed by atoms with Crippen molar-refractivity contribution >= 4 is 23.3 Å². The molecule has 0 saturated carbocycles. The molecule has 6 nitrogen and oxygen atoms in total. The highest BCUT2D eigenvalue weighted by Crippen LogP contribution is 2.31. The van der Waals surface area contributed by atoms with Gasteiger partial charge in [0.05, 0.1) is 11.6 Å². The average Bonchev–Trinajstić information content (AvgIpc) is 3.03. The van der Waals surface area contributed by atoms with E-state index < -0.39 is 5.60 Å². The van der Waals surface area contributed by atoms with Crippen LogP contribution in [0.1, 0.15) is 55.0 Å². The van der Waals surface area contributed by atoms with Gasteiger partial charge in [0.2, 0.25) is 0 Å². The number of hydrogen-bond acceptors (Lipinski definition) is 5. The van der Waals surface area contributed by atoms with Crippen LogP contribution in [0.2, 0.25) is 0 Å². The maximum atomic E-state index is 12.2. The first-order chi connectivity index (χ1) is 11.7. The SMILES string of the molecule is C#CCN(C)C(=O)c1csc(C2CCN(C(=O)OC(C)(C)C)CC2)n1. The van der Waals surface area contributed by atoms with E-state index in [1.54, 1.807) is 17.3 Å². The van der Waals surface area contributed by atoms with Crippen molar-refractivity contribution in [2.45, 2.75) is 45.1 Å². The molecule has 1 aromatic heterocycles. The maximum absolute atomic E-state index is 12.2. The third-order valence-corrected chi connectivity index (χ3v) is 4.92. The van der Waals surface area contributed by atoms with E-state index in [0.717, 1.165) is 17.8 Å². The molecule has 2 rings (SSSR count). The van der Waals surface area contributed by atoms with Crippen molar-refractivity contribution in [1.82, 2.24) is 14.8 Å². The average molecular weight is 363 g/mol. The number of amides is 2. The molecule has 0 aliphatic carbocycles. The standard InChI is InChI=1S/C18H25N3O3S/c1-6-9-20(5)16(22)14-12-25-15(19-14)13-7-10-21(11-8-13)17(23)24-18(2,3)4/h1,12-13H,7-11H2,2-5H3. The molecule has 1 aliphatic rings. The number of thiazole rings is 1. The van der Waals surface area contributed by atoms with Crippen LogP contribution < -0.4 is 0 Å². The first-order valence-electron chi connectivity index (χ1n) is 8.33. The van der Waals surface area contributed by atoms with Crippen LogP contribution in [0.15, 0.2) is 5.38 Å². The number of likely N-dealkylation sites (tertiary alicyclic amines) is 1. The number of carbonyl (C=O) groups excluding carboxylic acids is 2. The molecule has 25 heavy (non-hydrogen) atoms. The summed E-state index contributed by atoms with van der Waals surface area (Å²) in [4.78, 5) is 32.0. The topological polar surface area (TPSA) is 62.7 Å². The minimum absolute atomic E-state index is 0.161. The van der Waals surface area contributed by atoms with Crippen molar-refractivity contribution in [2.24, 2.45) is 0 Å². The molecule has 1 saturated heterocycles. The number of nitrogens with zero attached hydrogens (tertiary/aromatic N) is 3. The zero-order valence-electron chi connectivity index (χ0n) is 15.2. The normalized spacial score (nSPS) is 15.6. The van der Waals surface area contributed by atoms with E-state index in [2.05, 4.69) is 10.9 Å². The third-order valence-electron chi connectivity index (χ3n) is 3.91. The molecule has 0 unspecified atom stereocenters. The summed E-state index contributed by atoms with van der Waals surface area (Å²) < 4.78 is 5.41. The van der Waals surface area contributed by atoms with E-state index in [0.29, 0.717) is 18.8 Å². The van der Waals surface area contributed by atoms with Gasteiger partial charge in [-0.1, -0.05) is 5.92 Å². The van der Waals surface area contributed by atoms with E-state index in [9.17, 15) is 9.59 Å². The number of ether oxygens (including phenoxy) is 1. The predicted molar refractivity (Wildman–Crippen MR) is 97.7 cm³/mol. The lowest BCUT2D eigenvalue weighted by Gasteiger charge is -2.32. The largest absolute Gasteiger partial charge is 0.444 e. The molecule has 1 fully saturated rings. The van der Waals surface area contributed by atoms with Gasteiger partial charge in [-0.15, -0.1) is 17.8 Å². The van der Waals surface area contributed by atoms with E-state index in [-0.39, 0.29) is 24.5 Å². The lowest BCUT2D eigenvalue weighted by Crippen LogP contribution is -2.41. The van der Waals surface area contributed by atoms with Crippen molar-refractivity contribution in [3.05, 3.63) is 16.1 Å². The second kappa shape index (κ2) is 7.87. The van der Waals surface area contributed by atoms with Crippen molar-refractivity contribution < 1.29 is 14.3 Å². The van der Waals surface area contributed by atoms with Crippen LogP contribution >= 0.6 is 11.3 Å². The van der Waals surface area contributed by atoms with Crippen LogP contribution in [0.5, 0.6) is 0 Å². The number of piperidine rings is 1. The lowest BCUT2D eigenvalue weighted by molar-refractivity contribution is 0.0205. The highest BCUT2D eigenvalue weighted by Gasteiger charge is 2.29. The van der Waals surface area contributed by atoms with Gasteiger partial charge in [-0.2, -0.15) is 0 Å². The minimum atomic E-state index is -0.483. The molecule has 0 radical (unpaired) electrons.